The van der Waals surface area contributed by atoms with Crippen molar-refractivity contribution in [3.63, 3.8) is 0 Å². The lowest BCUT2D eigenvalue weighted by Gasteiger charge is -2.25. The van der Waals surface area contributed by atoms with Crippen LogP contribution >= 0.6 is 11.3 Å². The third-order valence-corrected chi connectivity index (χ3v) is 4.73. The predicted octanol–water partition coefficient (Wildman–Crippen LogP) is 2.64. The maximum absolute atomic E-state index is 12.4. The molecule has 2 atom stereocenters. The van der Waals surface area contributed by atoms with Crippen molar-refractivity contribution in [1.82, 2.24) is 4.90 Å². The Bertz CT molecular complexity index is 712. The molecule has 0 spiro atoms. The third-order valence-electron chi connectivity index (χ3n) is 3.81. The molecule has 0 saturated heterocycles. The molecule has 1 aromatic rings. The fraction of sp³-hybridized carbons (Fsp3) is 0.471. The minimum atomic E-state index is -0.635. The van der Waals surface area contributed by atoms with Crippen LogP contribution in [0.3, 0.4) is 0 Å². The number of rotatable bonds is 1. The zero-order valence-corrected chi connectivity index (χ0v) is 14.5. The fourth-order valence-corrected chi connectivity index (χ4v) is 3.74. The zero-order chi connectivity index (χ0) is 16.8. The smallest absolute Gasteiger partial charge is 0.335 e. The minimum absolute atomic E-state index is 0.0209. The first-order valence-corrected chi connectivity index (χ1v) is 8.44. The van der Waals surface area contributed by atoms with Gasteiger partial charge in [0.15, 0.2) is 6.04 Å². The quantitative estimate of drug-likeness (QED) is 0.587. The molecule has 0 N–H and O–H groups in total. The van der Waals surface area contributed by atoms with E-state index < -0.39 is 11.6 Å². The number of amides is 1. The topological polar surface area (TPSA) is 59.0 Å². The number of nitrogens with zero attached hydrogens (tertiary/aromatic N) is 2. The van der Waals surface area contributed by atoms with Crippen LogP contribution in [0.4, 0.5) is 0 Å². The molecule has 0 saturated carbocycles. The summed E-state index contributed by atoms with van der Waals surface area (Å²) in [6.45, 7) is 6.01. The highest BCUT2D eigenvalue weighted by Gasteiger charge is 2.34. The van der Waals surface area contributed by atoms with Crippen molar-refractivity contribution in [3.05, 3.63) is 33.5 Å². The summed E-state index contributed by atoms with van der Waals surface area (Å²) in [4.78, 5) is 31.5. The molecule has 6 heteroatoms. The first kappa shape index (κ1) is 15.9. The summed E-state index contributed by atoms with van der Waals surface area (Å²) >= 11 is 1.45. The van der Waals surface area contributed by atoms with Gasteiger partial charge in [0, 0.05) is 25.7 Å². The molecule has 0 bridgehead atoms. The SMILES string of the molecule is CN1CC2=CC(C(=O)OC(C)(C)C)N=CC2c2ccsc2C1=O. The average molecular weight is 332 g/mol. The van der Waals surface area contributed by atoms with Crippen LogP contribution in [-0.4, -0.2) is 48.2 Å². The van der Waals surface area contributed by atoms with E-state index in [9.17, 15) is 9.59 Å². The number of carbonyl (C=O) groups excluding carboxylic acids is 2. The zero-order valence-electron chi connectivity index (χ0n) is 13.7. The Labute approximate surface area is 139 Å². The molecule has 1 aromatic heterocycles. The number of fused-ring (bicyclic) bond motifs is 3. The first-order valence-electron chi connectivity index (χ1n) is 7.56. The normalized spacial score (nSPS) is 23.7. The van der Waals surface area contributed by atoms with Crippen molar-refractivity contribution >= 4 is 29.4 Å². The molecule has 5 nitrogen and oxygen atoms in total. The van der Waals surface area contributed by atoms with Gasteiger partial charge in [-0.2, -0.15) is 0 Å². The Morgan fingerprint density at radius 3 is 2.87 bits per heavy atom. The van der Waals surface area contributed by atoms with Gasteiger partial charge in [0.1, 0.15) is 5.60 Å². The van der Waals surface area contributed by atoms with E-state index in [2.05, 4.69) is 4.99 Å². The average Bonchev–Trinajstić information content (AvgIpc) is 2.90. The monoisotopic (exact) mass is 332 g/mol. The van der Waals surface area contributed by atoms with E-state index in [0.29, 0.717) is 6.54 Å². The summed E-state index contributed by atoms with van der Waals surface area (Å²) in [5.41, 5.74) is 1.45. The van der Waals surface area contributed by atoms with Crippen molar-refractivity contribution in [1.29, 1.82) is 0 Å². The van der Waals surface area contributed by atoms with Gasteiger partial charge in [0.25, 0.3) is 5.91 Å². The Morgan fingerprint density at radius 2 is 2.17 bits per heavy atom. The lowest BCUT2D eigenvalue weighted by Crippen LogP contribution is -2.33. The van der Waals surface area contributed by atoms with Crippen LogP contribution in [0.2, 0.25) is 0 Å². The van der Waals surface area contributed by atoms with E-state index in [1.54, 1.807) is 18.2 Å². The summed E-state index contributed by atoms with van der Waals surface area (Å²) in [5.74, 6) is -0.375. The van der Waals surface area contributed by atoms with Gasteiger partial charge in [-0.1, -0.05) is 0 Å². The van der Waals surface area contributed by atoms with Gasteiger partial charge in [-0.3, -0.25) is 9.79 Å². The molecular weight excluding hydrogens is 312 g/mol. The van der Waals surface area contributed by atoms with Crippen molar-refractivity contribution in [2.24, 2.45) is 4.99 Å². The number of thiophene rings is 1. The van der Waals surface area contributed by atoms with Crippen LogP contribution in [0, 0.1) is 0 Å². The van der Waals surface area contributed by atoms with Gasteiger partial charge in [0.2, 0.25) is 0 Å². The molecule has 0 aromatic carbocycles. The second-order valence-corrected chi connectivity index (χ2v) is 7.78. The number of esters is 1. The molecule has 23 heavy (non-hydrogen) atoms. The van der Waals surface area contributed by atoms with E-state index in [-0.39, 0.29) is 17.8 Å². The number of hydrogen-bond donors (Lipinski definition) is 0. The van der Waals surface area contributed by atoms with Crippen LogP contribution in [0.25, 0.3) is 0 Å². The number of likely N-dealkylation sites (N-methyl/N-ethyl adjacent to an activating group) is 1. The highest BCUT2D eigenvalue weighted by atomic mass is 32.1. The van der Waals surface area contributed by atoms with Crippen LogP contribution < -0.4 is 0 Å². The Balaban J connectivity index is 1.92. The van der Waals surface area contributed by atoms with Crippen LogP contribution in [0.5, 0.6) is 0 Å². The van der Waals surface area contributed by atoms with Crippen LogP contribution in [-0.2, 0) is 9.53 Å². The van der Waals surface area contributed by atoms with Crippen LogP contribution in [0.15, 0.2) is 28.1 Å². The lowest BCUT2D eigenvalue weighted by molar-refractivity contribution is -0.155. The molecule has 3 rings (SSSR count). The van der Waals surface area contributed by atoms with E-state index in [1.807, 2.05) is 38.3 Å². The van der Waals surface area contributed by atoms with Crippen LogP contribution in [0.1, 0.15) is 41.9 Å². The molecule has 122 valence electrons. The Morgan fingerprint density at radius 1 is 1.43 bits per heavy atom. The lowest BCUT2D eigenvalue weighted by atomic mass is 9.90. The summed E-state index contributed by atoms with van der Waals surface area (Å²) in [5, 5.41) is 1.92. The largest absolute Gasteiger partial charge is 0.458 e. The number of aliphatic imine (C=N–C) groups is 1. The molecule has 0 radical (unpaired) electrons. The summed E-state index contributed by atoms with van der Waals surface area (Å²) in [6.07, 6.45) is 3.62. The summed E-state index contributed by atoms with van der Waals surface area (Å²) in [6, 6.07) is 1.33. The first-order chi connectivity index (χ1) is 10.8. The van der Waals surface area contributed by atoms with E-state index >= 15 is 0 Å². The summed E-state index contributed by atoms with van der Waals surface area (Å²) < 4.78 is 5.41. The maximum Gasteiger partial charge on any atom is 0.335 e. The molecule has 1 amide bonds. The van der Waals surface area contributed by atoms with E-state index in [1.165, 1.54) is 11.3 Å². The molecule has 2 aliphatic heterocycles. The van der Waals surface area contributed by atoms with Gasteiger partial charge < -0.3 is 9.64 Å². The molecule has 0 aliphatic carbocycles. The number of carbonyl (C=O) groups is 2. The number of ether oxygens (including phenoxy) is 1. The molecule has 2 aliphatic rings. The molecule has 2 unspecified atom stereocenters. The Kier molecular flexibility index (Phi) is 3.88. The number of dihydropyridines is 1. The van der Waals surface area contributed by atoms with Crippen molar-refractivity contribution in [3.8, 4) is 0 Å². The highest BCUT2D eigenvalue weighted by Crippen LogP contribution is 2.36. The third kappa shape index (κ3) is 3.08. The van der Waals surface area contributed by atoms with E-state index in [0.717, 1.165) is 16.0 Å². The minimum Gasteiger partial charge on any atom is -0.458 e. The van der Waals surface area contributed by atoms with E-state index in [4.69, 9.17) is 4.74 Å². The van der Waals surface area contributed by atoms with Gasteiger partial charge in [0.05, 0.1) is 4.88 Å². The second-order valence-electron chi connectivity index (χ2n) is 6.86. The van der Waals surface area contributed by atoms with Gasteiger partial charge in [-0.15, -0.1) is 11.3 Å². The van der Waals surface area contributed by atoms with Crippen molar-refractivity contribution in [2.45, 2.75) is 38.3 Å². The molecular formula is C17H20N2O3S. The standard InChI is InChI=1S/C17H20N2O3S/c1-17(2,3)22-16(21)13-7-10-9-19(4)15(20)14-11(5-6-23-14)12(10)8-18-13/h5-8,12-13H,9H2,1-4H3. The number of hydrogen-bond acceptors (Lipinski definition) is 5. The van der Waals surface area contributed by atoms with Gasteiger partial charge in [-0.05, 0) is 49.4 Å². The summed E-state index contributed by atoms with van der Waals surface area (Å²) in [7, 11) is 1.78. The second kappa shape index (κ2) is 5.60. The Hall–Kier alpha value is -1.95. The molecule has 3 heterocycles. The van der Waals surface area contributed by atoms with Gasteiger partial charge >= 0.3 is 5.97 Å². The van der Waals surface area contributed by atoms with Crippen molar-refractivity contribution < 1.29 is 14.3 Å². The van der Waals surface area contributed by atoms with Crippen molar-refractivity contribution in [2.75, 3.05) is 13.6 Å². The predicted molar refractivity (Wildman–Crippen MR) is 90.2 cm³/mol. The highest BCUT2D eigenvalue weighted by molar-refractivity contribution is 7.12. The molecule has 0 fully saturated rings. The van der Waals surface area contributed by atoms with Gasteiger partial charge in [-0.25, -0.2) is 4.79 Å². The fourth-order valence-electron chi connectivity index (χ4n) is 2.80. The maximum atomic E-state index is 12.4.